The quantitative estimate of drug-likeness (QED) is 0.539. The molecule has 2 unspecified atom stereocenters. The summed E-state index contributed by atoms with van der Waals surface area (Å²) >= 11 is 0. The molecule has 2 atom stereocenters. The van der Waals surface area contributed by atoms with E-state index in [1.165, 1.54) is 37.8 Å². The van der Waals surface area contributed by atoms with Crippen molar-refractivity contribution in [3.8, 4) is 0 Å². The summed E-state index contributed by atoms with van der Waals surface area (Å²) in [5.41, 5.74) is 1.17. The molecule has 2 heteroatoms. The van der Waals surface area contributed by atoms with Crippen LogP contribution in [0.2, 0.25) is 11.6 Å². The lowest BCUT2D eigenvalue weighted by Crippen LogP contribution is -2.40. The minimum absolute atomic E-state index is 0.331. The zero-order valence-corrected chi connectivity index (χ0v) is 8.73. The van der Waals surface area contributed by atoms with Crippen molar-refractivity contribution in [3.05, 3.63) is 0 Å². The minimum atomic E-state index is 0.331. The minimum Gasteiger partial charge on any atom is -0.314 e. The highest BCUT2D eigenvalue weighted by Gasteiger charge is 2.25. The Bertz CT molecular complexity index is 113. The van der Waals surface area contributed by atoms with Gasteiger partial charge in [-0.3, -0.25) is 0 Å². The van der Waals surface area contributed by atoms with Crippen molar-refractivity contribution in [1.29, 1.82) is 0 Å². The lowest BCUT2D eigenvalue weighted by molar-refractivity contribution is 0.451. The maximum atomic E-state index is 3.70. The van der Waals surface area contributed by atoms with Crippen LogP contribution in [0.15, 0.2) is 0 Å². The van der Waals surface area contributed by atoms with Gasteiger partial charge in [0.05, 0.1) is 0 Å². The predicted octanol–water partition coefficient (Wildman–Crippen LogP) is 1.30. The van der Waals surface area contributed by atoms with Crippen molar-refractivity contribution in [2.24, 2.45) is 0 Å². The summed E-state index contributed by atoms with van der Waals surface area (Å²) in [6.07, 6.45) is 7.56. The number of hydrogen-bond donors (Lipinski definition) is 1. The third-order valence-corrected chi connectivity index (χ3v) is 5.80. The summed E-state index contributed by atoms with van der Waals surface area (Å²) in [5.74, 6) is 0. The number of fused-ring (bicyclic) bond motifs is 1. The van der Waals surface area contributed by atoms with Crippen LogP contribution in [0.25, 0.3) is 0 Å². The molecular weight excluding hydrogens is 150 g/mol. The first-order valence-corrected chi connectivity index (χ1v) is 7.02. The smallest absolute Gasteiger partial charge is 0.0265 e. The molecule has 1 saturated carbocycles. The van der Waals surface area contributed by atoms with Gasteiger partial charge in [0.1, 0.15) is 0 Å². The van der Waals surface area contributed by atoms with Crippen molar-refractivity contribution in [2.75, 3.05) is 6.54 Å². The van der Waals surface area contributed by atoms with Crippen molar-refractivity contribution in [2.45, 2.75) is 49.7 Å². The molecular formula is C9H19NSi. The predicted molar refractivity (Wildman–Crippen MR) is 52.0 cm³/mol. The zero-order valence-electron chi connectivity index (χ0n) is 7.31. The monoisotopic (exact) mass is 169 g/mol. The topological polar surface area (TPSA) is 12.0 Å². The van der Waals surface area contributed by atoms with Crippen LogP contribution in [0.1, 0.15) is 32.1 Å². The van der Waals surface area contributed by atoms with Crippen molar-refractivity contribution in [3.63, 3.8) is 0 Å². The van der Waals surface area contributed by atoms with E-state index < -0.39 is 0 Å². The van der Waals surface area contributed by atoms with Gasteiger partial charge in [0.15, 0.2) is 0 Å². The van der Waals surface area contributed by atoms with E-state index in [2.05, 4.69) is 5.32 Å². The fourth-order valence-corrected chi connectivity index (χ4v) is 4.97. The fraction of sp³-hybridized carbons (Fsp3) is 1.00. The second-order valence-corrected chi connectivity index (χ2v) is 6.43. The Balaban J connectivity index is 1.93. The highest BCUT2D eigenvalue weighted by molar-refractivity contribution is 6.38. The van der Waals surface area contributed by atoms with E-state index >= 15 is 0 Å². The van der Waals surface area contributed by atoms with E-state index in [1.807, 2.05) is 0 Å². The maximum absolute atomic E-state index is 3.70. The first-order valence-electron chi connectivity index (χ1n) is 5.20. The zero-order chi connectivity index (χ0) is 7.52. The molecule has 0 aromatic heterocycles. The summed E-state index contributed by atoms with van der Waals surface area (Å²) in [5, 5.41) is 3.70. The molecule has 1 N–H and O–H groups in total. The van der Waals surface area contributed by atoms with E-state index in [9.17, 15) is 0 Å². The standard InChI is InChI=1S/C9H19NSi/c1-2-4-8-9(5-3-1)11-7-6-10-8/h8-10H,1-7,11H2. The van der Waals surface area contributed by atoms with Gasteiger partial charge in [-0.25, -0.2) is 0 Å². The van der Waals surface area contributed by atoms with E-state index in [-0.39, 0.29) is 0 Å². The first kappa shape index (κ1) is 7.81. The lowest BCUT2D eigenvalue weighted by Gasteiger charge is -2.30. The average Bonchev–Trinajstić information content (AvgIpc) is 2.28. The molecule has 11 heavy (non-hydrogen) atoms. The Kier molecular flexibility index (Phi) is 2.64. The second-order valence-electron chi connectivity index (χ2n) is 4.10. The van der Waals surface area contributed by atoms with Gasteiger partial charge in [-0.15, -0.1) is 0 Å². The molecule has 0 spiro atoms. The van der Waals surface area contributed by atoms with Gasteiger partial charge < -0.3 is 5.32 Å². The molecule has 0 aromatic carbocycles. The summed E-state index contributed by atoms with van der Waals surface area (Å²) in [7, 11) is 0.331. The Hall–Kier alpha value is 0.177. The van der Waals surface area contributed by atoms with Gasteiger partial charge in [-0.1, -0.05) is 25.7 Å². The Morgan fingerprint density at radius 3 is 3.00 bits per heavy atom. The number of nitrogens with one attached hydrogen (secondary N) is 1. The normalized spacial score (nSPS) is 41.5. The van der Waals surface area contributed by atoms with Gasteiger partial charge in [-0.2, -0.15) is 0 Å². The molecule has 2 aliphatic rings. The first-order chi connectivity index (χ1) is 5.47. The van der Waals surface area contributed by atoms with Gasteiger partial charge in [0.25, 0.3) is 0 Å². The van der Waals surface area contributed by atoms with Gasteiger partial charge in [0.2, 0.25) is 0 Å². The molecule has 2 rings (SSSR count). The molecule has 2 fully saturated rings. The molecule has 1 aliphatic heterocycles. The largest absolute Gasteiger partial charge is 0.314 e. The van der Waals surface area contributed by atoms with Gasteiger partial charge in [0, 0.05) is 15.6 Å². The van der Waals surface area contributed by atoms with E-state index in [0.717, 1.165) is 6.04 Å². The SMILES string of the molecule is C1CCC2NCC[SiH2]C2CC1. The van der Waals surface area contributed by atoms with Gasteiger partial charge in [-0.05, 0) is 24.6 Å². The third kappa shape index (κ3) is 1.85. The maximum Gasteiger partial charge on any atom is 0.0265 e. The molecule has 1 nitrogen and oxygen atoms in total. The van der Waals surface area contributed by atoms with Crippen LogP contribution in [0.3, 0.4) is 0 Å². The molecule has 64 valence electrons. The molecule has 0 aromatic rings. The lowest BCUT2D eigenvalue weighted by atomic mass is 10.1. The third-order valence-electron chi connectivity index (χ3n) is 3.32. The van der Waals surface area contributed by atoms with Gasteiger partial charge >= 0.3 is 0 Å². The van der Waals surface area contributed by atoms with Crippen LogP contribution >= 0.6 is 0 Å². The number of hydrogen-bond acceptors (Lipinski definition) is 1. The molecule has 0 radical (unpaired) electrons. The fourth-order valence-electron chi connectivity index (χ4n) is 2.65. The van der Waals surface area contributed by atoms with Crippen molar-refractivity contribution >= 4 is 9.52 Å². The highest BCUT2D eigenvalue weighted by atomic mass is 28.2. The van der Waals surface area contributed by atoms with E-state index in [0.29, 0.717) is 9.52 Å². The molecule has 1 heterocycles. The Morgan fingerprint density at radius 1 is 1.09 bits per heavy atom. The highest BCUT2D eigenvalue weighted by Crippen LogP contribution is 2.29. The van der Waals surface area contributed by atoms with E-state index in [4.69, 9.17) is 0 Å². The molecule has 1 aliphatic carbocycles. The summed E-state index contributed by atoms with van der Waals surface area (Å²) in [6.45, 7) is 1.34. The van der Waals surface area contributed by atoms with Crippen LogP contribution in [0.4, 0.5) is 0 Å². The van der Waals surface area contributed by atoms with Crippen molar-refractivity contribution in [1.82, 2.24) is 5.32 Å². The van der Waals surface area contributed by atoms with Crippen LogP contribution < -0.4 is 5.32 Å². The van der Waals surface area contributed by atoms with Crippen LogP contribution in [0.5, 0.6) is 0 Å². The second kappa shape index (κ2) is 3.72. The Labute approximate surface area is 71.8 Å². The molecule has 1 saturated heterocycles. The summed E-state index contributed by atoms with van der Waals surface area (Å²) < 4.78 is 0. The average molecular weight is 169 g/mol. The van der Waals surface area contributed by atoms with Crippen LogP contribution in [-0.4, -0.2) is 22.1 Å². The number of rotatable bonds is 0. The summed E-state index contributed by atoms with van der Waals surface area (Å²) in [4.78, 5) is 0. The molecule has 0 amide bonds. The van der Waals surface area contributed by atoms with Crippen LogP contribution in [0, 0.1) is 0 Å². The molecule has 0 bridgehead atoms. The summed E-state index contributed by atoms with van der Waals surface area (Å²) in [6, 6.07) is 2.51. The Morgan fingerprint density at radius 2 is 2.00 bits per heavy atom. The van der Waals surface area contributed by atoms with E-state index in [1.54, 1.807) is 12.5 Å². The van der Waals surface area contributed by atoms with Crippen LogP contribution in [-0.2, 0) is 0 Å². The van der Waals surface area contributed by atoms with Crippen molar-refractivity contribution < 1.29 is 0 Å².